The van der Waals surface area contributed by atoms with Crippen molar-refractivity contribution in [1.29, 1.82) is 0 Å². The average molecular weight is 350 g/mol. The van der Waals surface area contributed by atoms with Gasteiger partial charge in [0.15, 0.2) is 4.18 Å². The van der Waals surface area contributed by atoms with Crippen LogP contribution in [-0.4, -0.2) is 14.5 Å². The van der Waals surface area contributed by atoms with E-state index in [0.29, 0.717) is 0 Å². The Labute approximate surface area is 72.5 Å². The lowest BCUT2D eigenvalue weighted by Gasteiger charge is -2.12. The molecule has 0 aliphatic carbocycles. The van der Waals surface area contributed by atoms with Crippen LogP contribution in [0.25, 0.3) is 0 Å². The lowest BCUT2D eigenvalue weighted by atomic mass is 10.5. The monoisotopic (exact) mass is 350 g/mol. The molecule has 5 heteroatoms. The second-order valence-corrected chi connectivity index (χ2v) is 4.08. The molecule has 0 fully saturated rings. The smallest absolute Gasteiger partial charge is 0.228 e. The molecule has 0 aliphatic heterocycles. The average Bonchev–Trinajstić information content (AvgIpc) is 1.67. The SMILES string of the molecule is FCC(F)(I)C(F)I. The van der Waals surface area contributed by atoms with Crippen molar-refractivity contribution >= 4 is 45.2 Å². The van der Waals surface area contributed by atoms with Crippen molar-refractivity contribution in [2.45, 2.75) is 7.85 Å². The fraction of sp³-hybridized carbons (Fsp3) is 1.00. The summed E-state index contributed by atoms with van der Waals surface area (Å²) in [5, 5.41) is 0. The van der Waals surface area contributed by atoms with E-state index in [2.05, 4.69) is 0 Å². The van der Waals surface area contributed by atoms with Gasteiger partial charge in [-0.15, -0.1) is 0 Å². The summed E-state index contributed by atoms with van der Waals surface area (Å²) in [6, 6.07) is 0. The van der Waals surface area contributed by atoms with Crippen LogP contribution in [-0.2, 0) is 0 Å². The molecule has 50 valence electrons. The first-order valence-corrected chi connectivity index (χ1v) is 4.05. The fourth-order valence-electron chi connectivity index (χ4n) is 0.0583. The zero-order valence-electron chi connectivity index (χ0n) is 3.67. The normalized spacial score (nSPS) is 22.1. The maximum Gasteiger partial charge on any atom is 0.228 e. The summed E-state index contributed by atoms with van der Waals surface area (Å²) in [7, 11) is 0. The molecule has 2 unspecified atom stereocenters. The molecule has 2 atom stereocenters. The van der Waals surface area contributed by atoms with Crippen LogP contribution in [0.15, 0.2) is 0 Å². The fourth-order valence-corrected chi connectivity index (χ4v) is 0.225. The molecule has 0 aromatic rings. The highest BCUT2D eigenvalue weighted by Gasteiger charge is 2.34. The van der Waals surface area contributed by atoms with Crippen molar-refractivity contribution in [1.82, 2.24) is 0 Å². The maximum absolute atomic E-state index is 12.2. The molecule has 0 aromatic heterocycles. The molecule has 0 saturated heterocycles. The molecule has 0 amide bonds. The van der Waals surface area contributed by atoms with Crippen LogP contribution in [0, 0.1) is 0 Å². The maximum atomic E-state index is 12.2. The zero-order valence-corrected chi connectivity index (χ0v) is 7.99. The van der Waals surface area contributed by atoms with Gasteiger partial charge in [0, 0.05) is 0 Å². The van der Waals surface area contributed by atoms with Gasteiger partial charge in [-0.25, -0.2) is 13.2 Å². The van der Waals surface area contributed by atoms with Gasteiger partial charge in [-0.2, -0.15) is 0 Å². The Kier molecular flexibility index (Phi) is 3.96. The highest BCUT2D eigenvalue weighted by Crippen LogP contribution is 2.31. The summed E-state index contributed by atoms with van der Waals surface area (Å²) in [5.41, 5.74) is 0. The molecule has 0 rings (SSSR count). The number of hydrogen-bond acceptors (Lipinski definition) is 0. The van der Waals surface area contributed by atoms with Crippen LogP contribution in [0.1, 0.15) is 0 Å². The van der Waals surface area contributed by atoms with Crippen LogP contribution >= 0.6 is 45.2 Å². The molecule has 0 aliphatic rings. The van der Waals surface area contributed by atoms with E-state index in [-0.39, 0.29) is 0 Å². The van der Waals surface area contributed by atoms with Crippen molar-refractivity contribution in [2.75, 3.05) is 6.67 Å². The summed E-state index contributed by atoms with van der Waals surface area (Å²) < 4.78 is 31.3. The van der Waals surface area contributed by atoms with Crippen LogP contribution in [0.3, 0.4) is 0 Å². The van der Waals surface area contributed by atoms with Crippen molar-refractivity contribution in [3.05, 3.63) is 0 Å². The predicted molar refractivity (Wildman–Crippen MR) is 42.8 cm³/mol. The van der Waals surface area contributed by atoms with Crippen molar-refractivity contribution in [3.63, 3.8) is 0 Å². The Morgan fingerprint density at radius 1 is 1.62 bits per heavy atom. The van der Waals surface area contributed by atoms with Crippen molar-refractivity contribution in [3.8, 4) is 0 Å². The van der Waals surface area contributed by atoms with Crippen LogP contribution in [0.4, 0.5) is 13.2 Å². The first-order valence-electron chi connectivity index (χ1n) is 1.72. The van der Waals surface area contributed by atoms with E-state index in [1.54, 1.807) is 0 Å². The minimum absolute atomic E-state index is 1.11. The predicted octanol–water partition coefficient (Wildman–Crippen LogP) is 2.79. The van der Waals surface area contributed by atoms with E-state index < -0.39 is 14.5 Å². The first kappa shape index (κ1) is 9.25. The highest BCUT2D eigenvalue weighted by atomic mass is 127. The minimum atomic E-state index is -2.34. The number of hydrogen-bond donors (Lipinski definition) is 0. The molecular weight excluding hydrogens is 347 g/mol. The Hall–Kier alpha value is 1.25. The van der Waals surface area contributed by atoms with E-state index in [1.165, 1.54) is 22.6 Å². The largest absolute Gasteiger partial charge is 0.247 e. The van der Waals surface area contributed by atoms with E-state index in [9.17, 15) is 13.2 Å². The Balaban J connectivity index is 3.71. The molecule has 0 radical (unpaired) electrons. The van der Waals surface area contributed by atoms with E-state index in [1.807, 2.05) is 0 Å². The van der Waals surface area contributed by atoms with Gasteiger partial charge in [0.2, 0.25) is 3.68 Å². The van der Waals surface area contributed by atoms with Crippen LogP contribution < -0.4 is 0 Å². The Morgan fingerprint density at radius 2 is 2.00 bits per heavy atom. The second-order valence-electron chi connectivity index (χ2n) is 1.20. The summed E-state index contributed by atoms with van der Waals surface area (Å²) in [4.78, 5) is 0. The van der Waals surface area contributed by atoms with E-state index in [4.69, 9.17) is 0 Å². The molecule has 0 N–H and O–H groups in total. The van der Waals surface area contributed by atoms with Gasteiger partial charge in [0.25, 0.3) is 0 Å². The Bertz CT molecular complexity index is 72.9. The number of halogens is 5. The van der Waals surface area contributed by atoms with Gasteiger partial charge < -0.3 is 0 Å². The van der Waals surface area contributed by atoms with Crippen molar-refractivity contribution < 1.29 is 13.2 Å². The molecule has 0 nitrogen and oxygen atoms in total. The topological polar surface area (TPSA) is 0 Å². The van der Waals surface area contributed by atoms with Crippen LogP contribution in [0.2, 0.25) is 0 Å². The first-order chi connectivity index (χ1) is 3.50. The van der Waals surface area contributed by atoms with E-state index >= 15 is 0 Å². The third-order valence-corrected chi connectivity index (χ3v) is 3.51. The lowest BCUT2D eigenvalue weighted by Crippen LogP contribution is -2.24. The molecule has 0 aromatic carbocycles. The molecule has 0 saturated carbocycles. The molecule has 0 bridgehead atoms. The van der Waals surface area contributed by atoms with Gasteiger partial charge in [-0.3, -0.25) is 0 Å². The minimum Gasteiger partial charge on any atom is -0.247 e. The summed E-state index contributed by atoms with van der Waals surface area (Å²) >= 11 is 2.30. The van der Waals surface area contributed by atoms with E-state index in [0.717, 1.165) is 22.6 Å². The molecular formula is C3H3F3I2. The number of alkyl halides is 5. The summed E-state index contributed by atoms with van der Waals surface area (Å²) in [6.07, 6.45) is 0. The summed E-state index contributed by atoms with van der Waals surface area (Å²) in [5.74, 6) is 0. The lowest BCUT2D eigenvalue weighted by molar-refractivity contribution is 0.185. The molecule has 0 spiro atoms. The van der Waals surface area contributed by atoms with Crippen molar-refractivity contribution in [2.24, 2.45) is 0 Å². The zero-order chi connectivity index (χ0) is 6.78. The van der Waals surface area contributed by atoms with Gasteiger partial charge in [0.05, 0.1) is 0 Å². The number of rotatable bonds is 2. The second kappa shape index (κ2) is 3.43. The molecule has 0 heterocycles. The summed E-state index contributed by atoms with van der Waals surface area (Å²) in [6.45, 7) is -1.28. The third-order valence-electron chi connectivity index (χ3n) is 0.497. The van der Waals surface area contributed by atoms with Gasteiger partial charge in [-0.1, -0.05) is 0 Å². The standard InChI is InChI=1S/C3H3F3I2/c4-1-3(6,8)2(5)7/h2H,1H2. The van der Waals surface area contributed by atoms with Gasteiger partial charge in [0.1, 0.15) is 6.67 Å². The Morgan fingerprint density at radius 3 is 2.00 bits per heavy atom. The van der Waals surface area contributed by atoms with Gasteiger partial charge >= 0.3 is 0 Å². The quantitative estimate of drug-likeness (QED) is 0.531. The third kappa shape index (κ3) is 2.70. The highest BCUT2D eigenvalue weighted by molar-refractivity contribution is 14.1. The van der Waals surface area contributed by atoms with Gasteiger partial charge in [-0.05, 0) is 45.2 Å². The molecule has 8 heavy (non-hydrogen) atoms. The van der Waals surface area contributed by atoms with Crippen LogP contribution in [0.5, 0.6) is 0 Å².